The molecule has 1 aromatic heterocycles. The molecule has 1 unspecified atom stereocenters. The fraction of sp³-hybridized carbons (Fsp3) is 0.923. The number of tetrazole rings is 1. The molecule has 0 bridgehead atoms. The lowest BCUT2D eigenvalue weighted by Crippen LogP contribution is -2.28. The summed E-state index contributed by atoms with van der Waals surface area (Å²) in [7, 11) is 1.75. The van der Waals surface area contributed by atoms with E-state index < -0.39 is 0 Å². The Bertz CT molecular complexity index is 358. The van der Waals surface area contributed by atoms with Crippen LogP contribution in [-0.4, -0.2) is 31.4 Å². The van der Waals surface area contributed by atoms with Crippen molar-refractivity contribution in [2.45, 2.75) is 58.0 Å². The molecule has 1 aliphatic rings. The van der Waals surface area contributed by atoms with Gasteiger partial charge in [0.2, 0.25) is 0 Å². The van der Waals surface area contributed by atoms with E-state index in [9.17, 15) is 5.11 Å². The maximum absolute atomic E-state index is 10.2. The predicted molar refractivity (Wildman–Crippen MR) is 68.9 cm³/mol. The van der Waals surface area contributed by atoms with Gasteiger partial charge in [-0.05, 0) is 29.9 Å². The maximum Gasteiger partial charge on any atom is 0.177 e. The molecule has 1 heterocycles. The summed E-state index contributed by atoms with van der Waals surface area (Å²) in [4.78, 5) is 1.44. The second kappa shape index (κ2) is 6.27. The zero-order valence-corrected chi connectivity index (χ0v) is 11.4. The number of aryl methyl sites for hydroxylation is 1. The van der Waals surface area contributed by atoms with Gasteiger partial charge in [-0.2, -0.15) is 4.80 Å². The molecule has 102 valence electrons. The van der Waals surface area contributed by atoms with Gasteiger partial charge in [0.1, 0.15) is 0 Å². The minimum Gasteiger partial charge on any atom is -0.392 e. The summed E-state index contributed by atoms with van der Waals surface area (Å²) in [6, 6.07) is 0. The van der Waals surface area contributed by atoms with E-state index in [4.69, 9.17) is 0 Å². The van der Waals surface area contributed by atoms with Gasteiger partial charge in [0, 0.05) is 6.42 Å². The molecule has 1 fully saturated rings. The van der Waals surface area contributed by atoms with Crippen LogP contribution < -0.4 is 0 Å². The Labute approximate surface area is 109 Å². The molecule has 0 amide bonds. The molecule has 5 nitrogen and oxygen atoms in total. The van der Waals surface area contributed by atoms with Gasteiger partial charge in [0.15, 0.2) is 5.82 Å². The second-order valence-electron chi connectivity index (χ2n) is 5.54. The Hall–Kier alpha value is -0.970. The molecule has 0 saturated heterocycles. The third-order valence-electron chi connectivity index (χ3n) is 4.07. The maximum atomic E-state index is 10.2. The van der Waals surface area contributed by atoms with E-state index in [1.165, 1.54) is 30.5 Å². The molecule has 0 aromatic carbocycles. The molecule has 0 spiro atoms. The van der Waals surface area contributed by atoms with Crippen LogP contribution >= 0.6 is 0 Å². The lowest BCUT2D eigenvalue weighted by molar-refractivity contribution is 0.0712. The SMILES string of the molecule is CCCC1CCC(C(O)Cc2nnn(C)n2)CC1. The summed E-state index contributed by atoms with van der Waals surface area (Å²) in [5.74, 6) is 1.95. The number of nitrogens with zero attached hydrogens (tertiary/aromatic N) is 4. The topological polar surface area (TPSA) is 63.8 Å². The second-order valence-corrected chi connectivity index (χ2v) is 5.54. The van der Waals surface area contributed by atoms with Crippen LogP contribution in [0.5, 0.6) is 0 Å². The van der Waals surface area contributed by atoms with Crippen molar-refractivity contribution < 1.29 is 5.11 Å². The molecule has 2 rings (SSSR count). The third kappa shape index (κ3) is 3.51. The first kappa shape index (κ1) is 13.5. The monoisotopic (exact) mass is 252 g/mol. The first-order valence-electron chi connectivity index (χ1n) is 7.10. The fourth-order valence-corrected chi connectivity index (χ4v) is 3.03. The Balaban J connectivity index is 1.78. The van der Waals surface area contributed by atoms with Crippen LogP contribution in [0.1, 0.15) is 51.3 Å². The standard InChI is InChI=1S/C13H24N4O/c1-3-4-10-5-7-11(8-6-10)12(18)9-13-14-16-17(2)15-13/h10-12,18H,3-9H2,1-2H3. The van der Waals surface area contributed by atoms with E-state index >= 15 is 0 Å². The third-order valence-corrected chi connectivity index (χ3v) is 4.07. The van der Waals surface area contributed by atoms with Gasteiger partial charge < -0.3 is 5.11 Å². The van der Waals surface area contributed by atoms with Crippen LogP contribution in [0.25, 0.3) is 0 Å². The van der Waals surface area contributed by atoms with Crippen LogP contribution in [0.3, 0.4) is 0 Å². The van der Waals surface area contributed by atoms with Gasteiger partial charge in [0.05, 0.1) is 13.2 Å². The van der Waals surface area contributed by atoms with E-state index in [1.807, 2.05) is 0 Å². The summed E-state index contributed by atoms with van der Waals surface area (Å²) in [5.41, 5.74) is 0. The number of aliphatic hydroxyl groups is 1. The average molecular weight is 252 g/mol. The number of aromatic nitrogens is 4. The molecule has 5 heteroatoms. The summed E-state index contributed by atoms with van der Waals surface area (Å²) >= 11 is 0. The normalized spacial score (nSPS) is 26.2. The highest BCUT2D eigenvalue weighted by Gasteiger charge is 2.27. The van der Waals surface area contributed by atoms with Gasteiger partial charge >= 0.3 is 0 Å². The predicted octanol–water partition coefficient (Wildman–Crippen LogP) is 1.72. The van der Waals surface area contributed by atoms with E-state index in [0.717, 1.165) is 18.8 Å². The minimum absolute atomic E-state index is 0.309. The van der Waals surface area contributed by atoms with E-state index in [1.54, 1.807) is 7.05 Å². The largest absolute Gasteiger partial charge is 0.392 e. The molecular weight excluding hydrogens is 228 g/mol. The molecule has 0 radical (unpaired) electrons. The van der Waals surface area contributed by atoms with Crippen molar-refractivity contribution in [3.05, 3.63) is 5.82 Å². The molecule has 1 saturated carbocycles. The van der Waals surface area contributed by atoms with Crippen molar-refractivity contribution in [3.63, 3.8) is 0 Å². The molecule has 1 N–H and O–H groups in total. The highest BCUT2D eigenvalue weighted by atomic mass is 16.3. The van der Waals surface area contributed by atoms with E-state index in [-0.39, 0.29) is 6.10 Å². The van der Waals surface area contributed by atoms with Crippen LogP contribution in [0.2, 0.25) is 0 Å². The fourth-order valence-electron chi connectivity index (χ4n) is 3.03. The van der Waals surface area contributed by atoms with Gasteiger partial charge in [-0.25, -0.2) is 0 Å². The number of aliphatic hydroxyl groups excluding tert-OH is 1. The number of hydrogen-bond acceptors (Lipinski definition) is 4. The van der Waals surface area contributed by atoms with Crippen molar-refractivity contribution in [1.29, 1.82) is 0 Å². The van der Waals surface area contributed by atoms with Crippen LogP contribution in [0.15, 0.2) is 0 Å². The van der Waals surface area contributed by atoms with Crippen molar-refractivity contribution in [2.24, 2.45) is 18.9 Å². The van der Waals surface area contributed by atoms with Crippen LogP contribution in [0, 0.1) is 11.8 Å². The van der Waals surface area contributed by atoms with Gasteiger partial charge in [-0.15, -0.1) is 10.2 Å². The molecule has 1 aliphatic carbocycles. The Kier molecular flexibility index (Phi) is 4.69. The summed E-state index contributed by atoms with van der Waals surface area (Å²) in [6.45, 7) is 2.25. The van der Waals surface area contributed by atoms with Crippen LogP contribution in [0.4, 0.5) is 0 Å². The van der Waals surface area contributed by atoms with Gasteiger partial charge in [-0.3, -0.25) is 0 Å². The van der Waals surface area contributed by atoms with Crippen molar-refractivity contribution in [2.75, 3.05) is 0 Å². The van der Waals surface area contributed by atoms with Crippen molar-refractivity contribution >= 4 is 0 Å². The van der Waals surface area contributed by atoms with E-state index in [0.29, 0.717) is 18.2 Å². The Morgan fingerprint density at radius 3 is 2.61 bits per heavy atom. The number of hydrogen-bond donors (Lipinski definition) is 1. The van der Waals surface area contributed by atoms with Crippen molar-refractivity contribution in [3.8, 4) is 0 Å². The smallest absolute Gasteiger partial charge is 0.177 e. The Morgan fingerprint density at radius 2 is 2.06 bits per heavy atom. The average Bonchev–Trinajstić information content (AvgIpc) is 2.76. The molecule has 0 aliphatic heterocycles. The van der Waals surface area contributed by atoms with Gasteiger partial charge in [0.25, 0.3) is 0 Å². The van der Waals surface area contributed by atoms with Crippen LogP contribution in [-0.2, 0) is 13.5 Å². The summed E-state index contributed by atoms with van der Waals surface area (Å²) < 4.78 is 0. The highest BCUT2D eigenvalue weighted by Crippen LogP contribution is 2.33. The lowest BCUT2D eigenvalue weighted by Gasteiger charge is -2.31. The molecular formula is C13H24N4O. The molecule has 1 aromatic rings. The quantitative estimate of drug-likeness (QED) is 0.866. The first-order chi connectivity index (χ1) is 8.69. The van der Waals surface area contributed by atoms with Crippen molar-refractivity contribution in [1.82, 2.24) is 20.2 Å². The summed E-state index contributed by atoms with van der Waals surface area (Å²) in [6.07, 6.45) is 7.68. The Morgan fingerprint density at radius 1 is 1.33 bits per heavy atom. The zero-order valence-electron chi connectivity index (χ0n) is 11.4. The minimum atomic E-state index is -0.309. The number of rotatable bonds is 5. The highest BCUT2D eigenvalue weighted by molar-refractivity contribution is 4.86. The van der Waals surface area contributed by atoms with Gasteiger partial charge in [-0.1, -0.05) is 32.6 Å². The zero-order chi connectivity index (χ0) is 13.0. The molecule has 1 atom stereocenters. The lowest BCUT2D eigenvalue weighted by atomic mass is 9.77. The summed E-state index contributed by atoms with van der Waals surface area (Å²) in [5, 5.41) is 22.1. The van der Waals surface area contributed by atoms with E-state index in [2.05, 4.69) is 22.3 Å². The first-order valence-corrected chi connectivity index (χ1v) is 7.10. The molecule has 18 heavy (non-hydrogen) atoms.